The number of nitrogens with one attached hydrogen (secondary N) is 1. The van der Waals surface area contributed by atoms with E-state index in [0.717, 1.165) is 11.3 Å². The lowest BCUT2D eigenvalue weighted by Gasteiger charge is -2.13. The zero-order chi connectivity index (χ0) is 13.0. The van der Waals surface area contributed by atoms with Crippen LogP contribution in [0.1, 0.15) is 28.3 Å². The Labute approximate surface area is 112 Å². The van der Waals surface area contributed by atoms with Crippen LogP contribution in [0.4, 0.5) is 5.69 Å². The molecule has 0 saturated heterocycles. The lowest BCUT2D eigenvalue weighted by Crippen LogP contribution is -2.04. The Morgan fingerprint density at radius 2 is 1.94 bits per heavy atom. The third kappa shape index (κ3) is 3.12. The summed E-state index contributed by atoms with van der Waals surface area (Å²) in [6.45, 7) is 4.28. The second-order valence-corrected chi connectivity index (χ2v) is 5.67. The number of nitriles is 1. The molecule has 1 atom stereocenters. The number of aryl methyl sites for hydroxylation is 1. The second-order valence-electron chi connectivity index (χ2n) is 4.35. The lowest BCUT2D eigenvalue weighted by atomic mass is 10.1. The number of rotatable bonds is 4. The van der Waals surface area contributed by atoms with Gasteiger partial charge in [0.1, 0.15) is 0 Å². The van der Waals surface area contributed by atoms with E-state index in [4.69, 9.17) is 5.26 Å². The Kier molecular flexibility index (Phi) is 4.01. The smallest absolute Gasteiger partial charge is 0.0669 e. The number of hydrogen-bond donors (Lipinski definition) is 1. The van der Waals surface area contributed by atoms with Gasteiger partial charge in [-0.15, -0.1) is 11.3 Å². The molecule has 1 N–H and O–H groups in total. The van der Waals surface area contributed by atoms with Crippen LogP contribution < -0.4 is 5.32 Å². The zero-order valence-electron chi connectivity index (χ0n) is 10.6. The number of anilines is 1. The molecular formula is C15H16N2S. The molecule has 0 aliphatic heterocycles. The van der Waals surface area contributed by atoms with Crippen molar-refractivity contribution in [3.8, 4) is 6.07 Å². The van der Waals surface area contributed by atoms with Gasteiger partial charge >= 0.3 is 0 Å². The fourth-order valence-corrected chi connectivity index (χ4v) is 2.70. The number of nitrogens with zero attached hydrogens (tertiary/aromatic N) is 1. The average Bonchev–Trinajstić information content (AvgIpc) is 2.79. The van der Waals surface area contributed by atoms with E-state index in [-0.39, 0.29) is 0 Å². The molecule has 2 aromatic rings. The minimum atomic E-state index is 0.311. The number of benzene rings is 1. The van der Waals surface area contributed by atoms with E-state index in [1.165, 1.54) is 9.75 Å². The lowest BCUT2D eigenvalue weighted by molar-refractivity contribution is 0.908. The highest BCUT2D eigenvalue weighted by Gasteiger charge is 2.07. The van der Waals surface area contributed by atoms with Crippen molar-refractivity contribution in [3.05, 3.63) is 51.7 Å². The maximum Gasteiger partial charge on any atom is 0.0669 e. The molecule has 2 nitrogen and oxygen atoms in total. The van der Waals surface area contributed by atoms with E-state index in [0.29, 0.717) is 12.5 Å². The molecule has 1 aromatic heterocycles. The van der Waals surface area contributed by atoms with Crippen molar-refractivity contribution >= 4 is 17.0 Å². The van der Waals surface area contributed by atoms with Crippen LogP contribution in [-0.2, 0) is 6.42 Å². The molecule has 1 aromatic carbocycles. The van der Waals surface area contributed by atoms with Crippen molar-refractivity contribution in [1.82, 2.24) is 0 Å². The molecule has 3 heteroatoms. The molecule has 0 fully saturated rings. The van der Waals surface area contributed by atoms with Crippen LogP contribution in [-0.4, -0.2) is 0 Å². The SMILES string of the molecule is Cc1ccc(C(C)Nc2ccc(CC#N)cc2)s1. The van der Waals surface area contributed by atoms with Crippen LogP contribution >= 0.6 is 11.3 Å². The Morgan fingerprint density at radius 3 is 2.50 bits per heavy atom. The third-order valence-corrected chi connectivity index (χ3v) is 3.99. The highest BCUT2D eigenvalue weighted by molar-refractivity contribution is 7.12. The van der Waals surface area contributed by atoms with Crippen LogP contribution in [0.5, 0.6) is 0 Å². The van der Waals surface area contributed by atoms with Crippen molar-refractivity contribution in [3.63, 3.8) is 0 Å². The summed E-state index contributed by atoms with van der Waals surface area (Å²) < 4.78 is 0. The quantitative estimate of drug-likeness (QED) is 0.885. The second kappa shape index (κ2) is 5.70. The van der Waals surface area contributed by atoms with Crippen LogP contribution in [0.15, 0.2) is 36.4 Å². The monoisotopic (exact) mass is 256 g/mol. The maximum atomic E-state index is 8.62. The van der Waals surface area contributed by atoms with Gasteiger partial charge in [-0.2, -0.15) is 5.26 Å². The standard InChI is InChI=1S/C15H16N2S/c1-11-3-8-15(18-11)12(2)17-14-6-4-13(5-7-14)9-10-16/h3-8,12,17H,9H2,1-2H3. The predicted molar refractivity (Wildman–Crippen MR) is 76.9 cm³/mol. The minimum Gasteiger partial charge on any atom is -0.378 e. The highest BCUT2D eigenvalue weighted by Crippen LogP contribution is 2.25. The molecule has 0 amide bonds. The summed E-state index contributed by atoms with van der Waals surface area (Å²) in [6.07, 6.45) is 0.472. The van der Waals surface area contributed by atoms with Gasteiger partial charge in [0.05, 0.1) is 18.5 Å². The summed E-state index contributed by atoms with van der Waals surface area (Å²) in [5.74, 6) is 0. The van der Waals surface area contributed by atoms with Gasteiger partial charge in [0, 0.05) is 15.4 Å². The van der Waals surface area contributed by atoms with E-state index in [2.05, 4.69) is 37.4 Å². The first-order valence-electron chi connectivity index (χ1n) is 5.98. The Morgan fingerprint density at radius 1 is 1.22 bits per heavy atom. The van der Waals surface area contributed by atoms with Crippen molar-refractivity contribution in [2.45, 2.75) is 26.3 Å². The molecule has 0 aliphatic rings. The molecule has 0 saturated carbocycles. The largest absolute Gasteiger partial charge is 0.378 e. The summed E-state index contributed by atoms with van der Waals surface area (Å²) in [4.78, 5) is 2.68. The molecule has 0 aliphatic carbocycles. The van der Waals surface area contributed by atoms with Crippen LogP contribution in [0.2, 0.25) is 0 Å². The first kappa shape index (κ1) is 12.7. The molecule has 1 unspecified atom stereocenters. The van der Waals surface area contributed by atoms with Gasteiger partial charge in [0.2, 0.25) is 0 Å². The van der Waals surface area contributed by atoms with Gasteiger partial charge in [0.15, 0.2) is 0 Å². The minimum absolute atomic E-state index is 0.311. The van der Waals surface area contributed by atoms with Crippen molar-refractivity contribution < 1.29 is 0 Å². The highest BCUT2D eigenvalue weighted by atomic mass is 32.1. The molecule has 18 heavy (non-hydrogen) atoms. The van der Waals surface area contributed by atoms with E-state index in [9.17, 15) is 0 Å². The van der Waals surface area contributed by atoms with Gasteiger partial charge in [-0.3, -0.25) is 0 Å². The van der Waals surface area contributed by atoms with Gasteiger partial charge < -0.3 is 5.32 Å². The summed E-state index contributed by atoms with van der Waals surface area (Å²) in [6, 6.07) is 14.8. The Hall–Kier alpha value is -1.79. The number of hydrogen-bond acceptors (Lipinski definition) is 3. The van der Waals surface area contributed by atoms with Crippen LogP contribution in [0, 0.1) is 18.3 Å². The zero-order valence-corrected chi connectivity index (χ0v) is 11.4. The molecule has 1 heterocycles. The van der Waals surface area contributed by atoms with Gasteiger partial charge in [-0.25, -0.2) is 0 Å². The topological polar surface area (TPSA) is 35.8 Å². The van der Waals surface area contributed by atoms with E-state index in [1.807, 2.05) is 35.6 Å². The molecule has 0 bridgehead atoms. The fraction of sp³-hybridized carbons (Fsp3) is 0.267. The first-order chi connectivity index (χ1) is 8.69. The fourth-order valence-electron chi connectivity index (χ4n) is 1.82. The summed E-state index contributed by atoms with van der Waals surface area (Å²) in [5.41, 5.74) is 2.15. The summed E-state index contributed by atoms with van der Waals surface area (Å²) >= 11 is 1.82. The third-order valence-electron chi connectivity index (χ3n) is 2.81. The van der Waals surface area contributed by atoms with E-state index in [1.54, 1.807) is 0 Å². The predicted octanol–water partition coefficient (Wildman–Crippen LogP) is 4.30. The van der Waals surface area contributed by atoms with Gasteiger partial charge in [-0.05, 0) is 43.7 Å². The maximum absolute atomic E-state index is 8.62. The molecule has 0 radical (unpaired) electrons. The van der Waals surface area contributed by atoms with Crippen molar-refractivity contribution in [2.24, 2.45) is 0 Å². The Bertz CT molecular complexity index is 549. The average molecular weight is 256 g/mol. The molecule has 0 spiro atoms. The number of thiophene rings is 1. The van der Waals surface area contributed by atoms with Gasteiger partial charge in [-0.1, -0.05) is 12.1 Å². The molecule has 2 rings (SSSR count). The van der Waals surface area contributed by atoms with Gasteiger partial charge in [0.25, 0.3) is 0 Å². The van der Waals surface area contributed by atoms with E-state index >= 15 is 0 Å². The first-order valence-corrected chi connectivity index (χ1v) is 6.79. The summed E-state index contributed by atoms with van der Waals surface area (Å²) in [5, 5.41) is 12.1. The molecular weight excluding hydrogens is 240 g/mol. The van der Waals surface area contributed by atoms with Crippen molar-refractivity contribution in [1.29, 1.82) is 5.26 Å². The Balaban J connectivity index is 2.03. The molecule has 92 valence electrons. The summed E-state index contributed by atoms with van der Waals surface area (Å²) in [7, 11) is 0. The van der Waals surface area contributed by atoms with Crippen molar-refractivity contribution in [2.75, 3.05) is 5.32 Å². The van der Waals surface area contributed by atoms with Crippen LogP contribution in [0.3, 0.4) is 0 Å². The van der Waals surface area contributed by atoms with Crippen LogP contribution in [0.25, 0.3) is 0 Å². The normalized spacial score (nSPS) is 11.8. The van der Waals surface area contributed by atoms with E-state index < -0.39 is 0 Å².